The molecule has 4 heteroatoms. The Morgan fingerprint density at radius 1 is 1.11 bits per heavy atom. The Bertz CT molecular complexity index is 811. The molecule has 0 aromatic heterocycles. The molecule has 2 aliphatic rings. The molecule has 2 atom stereocenters. The van der Waals surface area contributed by atoms with Crippen molar-refractivity contribution in [2.75, 3.05) is 20.1 Å². The smallest absolute Gasteiger partial charge is 0.319 e. The highest BCUT2D eigenvalue weighted by Crippen LogP contribution is 2.33. The second kappa shape index (κ2) is 8.52. The number of hydrogen-bond acceptors (Lipinski definition) is 2. The van der Waals surface area contributed by atoms with E-state index in [1.807, 2.05) is 0 Å². The van der Waals surface area contributed by atoms with Gasteiger partial charge in [-0.25, -0.2) is 4.79 Å². The van der Waals surface area contributed by atoms with Gasteiger partial charge in [0.05, 0.1) is 12.2 Å². The number of likely N-dealkylation sites (tertiary alicyclic amines) is 1. The van der Waals surface area contributed by atoms with E-state index >= 15 is 0 Å². The van der Waals surface area contributed by atoms with Crippen molar-refractivity contribution in [3.8, 4) is 0 Å². The molecule has 2 aromatic rings. The lowest BCUT2D eigenvalue weighted by molar-refractivity contribution is 0.116. The molecule has 2 amide bonds. The summed E-state index contributed by atoms with van der Waals surface area (Å²) in [6.45, 7) is 4.10. The van der Waals surface area contributed by atoms with Crippen LogP contribution in [0.4, 0.5) is 4.79 Å². The molecule has 4 nitrogen and oxygen atoms in total. The van der Waals surface area contributed by atoms with Gasteiger partial charge in [0.25, 0.3) is 0 Å². The number of carbonyl (C=O) groups is 1. The summed E-state index contributed by atoms with van der Waals surface area (Å²) in [5.74, 6) is 0.646. The van der Waals surface area contributed by atoms with Crippen molar-refractivity contribution < 1.29 is 4.79 Å². The number of carbonyl (C=O) groups excluding carboxylic acids is 1. The van der Waals surface area contributed by atoms with Crippen molar-refractivity contribution in [3.63, 3.8) is 0 Å². The lowest BCUT2D eigenvalue weighted by Crippen LogP contribution is -2.54. The SMILES string of the molecule is CC(c1cccc2ccccc12)N(CC1CCC1)C(=O)NC1CCCCN1C. The minimum Gasteiger partial charge on any atom is -0.322 e. The molecule has 1 aliphatic heterocycles. The number of rotatable bonds is 5. The minimum atomic E-state index is 0.0561. The summed E-state index contributed by atoms with van der Waals surface area (Å²) in [6, 6.07) is 15.1. The zero-order valence-electron chi connectivity index (χ0n) is 17.2. The van der Waals surface area contributed by atoms with Crippen LogP contribution >= 0.6 is 0 Å². The molecule has 1 N–H and O–H groups in total. The highest BCUT2D eigenvalue weighted by atomic mass is 16.2. The van der Waals surface area contributed by atoms with E-state index in [0.29, 0.717) is 5.92 Å². The Balaban J connectivity index is 1.58. The summed E-state index contributed by atoms with van der Waals surface area (Å²) in [6.07, 6.45) is 7.41. The van der Waals surface area contributed by atoms with Gasteiger partial charge in [-0.05, 0) is 74.9 Å². The third-order valence-electron chi connectivity index (χ3n) is 6.74. The first-order valence-corrected chi connectivity index (χ1v) is 10.9. The first-order chi connectivity index (χ1) is 13.6. The summed E-state index contributed by atoms with van der Waals surface area (Å²) in [7, 11) is 2.12. The molecular formula is C24H33N3O. The summed E-state index contributed by atoms with van der Waals surface area (Å²) in [5, 5.41) is 5.82. The van der Waals surface area contributed by atoms with E-state index in [1.54, 1.807) is 0 Å². The average Bonchev–Trinajstić information content (AvgIpc) is 2.68. The summed E-state index contributed by atoms with van der Waals surface area (Å²) in [4.78, 5) is 17.7. The Hall–Kier alpha value is -2.07. The van der Waals surface area contributed by atoms with Crippen LogP contribution in [0.1, 0.15) is 57.1 Å². The fourth-order valence-corrected chi connectivity index (χ4v) is 4.64. The Labute approximate surface area is 168 Å². The summed E-state index contributed by atoms with van der Waals surface area (Å²) in [5.41, 5.74) is 1.24. The fourth-order valence-electron chi connectivity index (χ4n) is 4.64. The minimum absolute atomic E-state index is 0.0561. The molecule has 1 saturated carbocycles. The molecule has 28 heavy (non-hydrogen) atoms. The summed E-state index contributed by atoms with van der Waals surface area (Å²) < 4.78 is 0. The van der Waals surface area contributed by atoms with Crippen LogP contribution in [0, 0.1) is 5.92 Å². The second-order valence-corrected chi connectivity index (χ2v) is 8.64. The van der Waals surface area contributed by atoms with Gasteiger partial charge in [-0.15, -0.1) is 0 Å². The van der Waals surface area contributed by atoms with E-state index in [4.69, 9.17) is 0 Å². The van der Waals surface area contributed by atoms with Crippen molar-refractivity contribution in [1.29, 1.82) is 0 Å². The van der Waals surface area contributed by atoms with Gasteiger partial charge >= 0.3 is 6.03 Å². The van der Waals surface area contributed by atoms with E-state index in [-0.39, 0.29) is 18.2 Å². The zero-order chi connectivity index (χ0) is 19.5. The van der Waals surface area contributed by atoms with Crippen LogP contribution in [0.3, 0.4) is 0 Å². The number of urea groups is 1. The molecule has 0 bridgehead atoms. The van der Waals surface area contributed by atoms with Gasteiger partial charge in [0, 0.05) is 6.54 Å². The second-order valence-electron chi connectivity index (χ2n) is 8.64. The maximum atomic E-state index is 13.4. The van der Waals surface area contributed by atoms with Gasteiger partial charge in [0.15, 0.2) is 0 Å². The number of piperidine rings is 1. The van der Waals surface area contributed by atoms with Crippen molar-refractivity contribution in [1.82, 2.24) is 15.1 Å². The van der Waals surface area contributed by atoms with Crippen LogP contribution in [-0.2, 0) is 0 Å². The highest BCUT2D eigenvalue weighted by molar-refractivity contribution is 5.86. The molecule has 2 unspecified atom stereocenters. The van der Waals surface area contributed by atoms with Crippen LogP contribution in [0.15, 0.2) is 42.5 Å². The molecule has 0 spiro atoms. The van der Waals surface area contributed by atoms with Gasteiger partial charge in [-0.3, -0.25) is 4.90 Å². The molecule has 0 radical (unpaired) electrons. The Kier molecular flexibility index (Phi) is 5.86. The highest BCUT2D eigenvalue weighted by Gasteiger charge is 2.30. The lowest BCUT2D eigenvalue weighted by Gasteiger charge is -2.39. The van der Waals surface area contributed by atoms with Gasteiger partial charge in [-0.1, -0.05) is 48.9 Å². The topological polar surface area (TPSA) is 35.6 Å². The zero-order valence-corrected chi connectivity index (χ0v) is 17.2. The lowest BCUT2D eigenvalue weighted by atomic mass is 9.84. The van der Waals surface area contributed by atoms with Gasteiger partial charge in [-0.2, -0.15) is 0 Å². The van der Waals surface area contributed by atoms with E-state index in [0.717, 1.165) is 19.5 Å². The van der Waals surface area contributed by atoms with Gasteiger partial charge < -0.3 is 10.2 Å². The molecular weight excluding hydrogens is 346 g/mol. The van der Waals surface area contributed by atoms with Crippen LogP contribution in [0.2, 0.25) is 0 Å². The average molecular weight is 380 g/mol. The van der Waals surface area contributed by atoms with Crippen LogP contribution in [0.5, 0.6) is 0 Å². The molecule has 2 fully saturated rings. The number of amides is 2. The third kappa shape index (κ3) is 4.02. The monoisotopic (exact) mass is 379 g/mol. The fraction of sp³-hybridized carbons (Fsp3) is 0.542. The number of nitrogens with zero attached hydrogens (tertiary/aromatic N) is 2. The van der Waals surface area contributed by atoms with Crippen LogP contribution < -0.4 is 5.32 Å². The van der Waals surface area contributed by atoms with Crippen LogP contribution in [0.25, 0.3) is 10.8 Å². The van der Waals surface area contributed by atoms with Gasteiger partial charge in [0.2, 0.25) is 0 Å². The third-order valence-corrected chi connectivity index (χ3v) is 6.74. The molecule has 150 valence electrons. The quantitative estimate of drug-likeness (QED) is 0.779. The molecule has 1 aliphatic carbocycles. The van der Waals surface area contributed by atoms with Crippen molar-refractivity contribution in [2.45, 2.75) is 57.7 Å². The normalized spacial score (nSPS) is 21.9. The standard InChI is InChI=1S/C24H33N3O/c1-18(21-14-8-12-20-11-3-4-13-22(20)21)27(17-19-9-7-10-19)24(28)25-23-15-5-6-16-26(23)2/h3-4,8,11-14,18-19,23H,5-7,9-10,15-17H2,1-2H3,(H,25,28). The van der Waals surface area contributed by atoms with Crippen molar-refractivity contribution in [3.05, 3.63) is 48.0 Å². The Morgan fingerprint density at radius 2 is 1.89 bits per heavy atom. The largest absolute Gasteiger partial charge is 0.322 e. The maximum absolute atomic E-state index is 13.4. The Morgan fingerprint density at radius 3 is 2.64 bits per heavy atom. The summed E-state index contributed by atoms with van der Waals surface area (Å²) >= 11 is 0. The predicted molar refractivity (Wildman–Crippen MR) is 115 cm³/mol. The maximum Gasteiger partial charge on any atom is 0.319 e. The molecule has 1 heterocycles. The van der Waals surface area contributed by atoms with Crippen molar-refractivity contribution >= 4 is 16.8 Å². The number of benzene rings is 2. The van der Waals surface area contributed by atoms with E-state index in [1.165, 1.54) is 48.4 Å². The molecule has 1 saturated heterocycles. The van der Waals surface area contributed by atoms with E-state index in [2.05, 4.69) is 71.6 Å². The van der Waals surface area contributed by atoms with Crippen molar-refractivity contribution in [2.24, 2.45) is 5.92 Å². The number of nitrogens with one attached hydrogen (secondary N) is 1. The first kappa shape index (κ1) is 19.3. The van der Waals surface area contributed by atoms with E-state index < -0.39 is 0 Å². The molecule has 2 aromatic carbocycles. The van der Waals surface area contributed by atoms with E-state index in [9.17, 15) is 4.79 Å². The predicted octanol–water partition coefficient (Wildman–Crippen LogP) is 5.15. The van der Waals surface area contributed by atoms with Crippen LogP contribution in [-0.4, -0.2) is 42.1 Å². The van der Waals surface area contributed by atoms with Gasteiger partial charge in [0.1, 0.15) is 0 Å². The number of fused-ring (bicyclic) bond motifs is 1. The number of hydrogen-bond donors (Lipinski definition) is 1. The first-order valence-electron chi connectivity index (χ1n) is 10.9. The molecule has 4 rings (SSSR count).